The summed E-state index contributed by atoms with van der Waals surface area (Å²) in [7, 11) is 0. The topological polar surface area (TPSA) is 38.0 Å². The second-order valence-electron chi connectivity index (χ2n) is 3.93. The third kappa shape index (κ3) is 2.46. The Kier molecular flexibility index (Phi) is 3.34. The van der Waals surface area contributed by atoms with Crippen LogP contribution in [0.2, 0.25) is 0 Å². The summed E-state index contributed by atoms with van der Waals surface area (Å²) in [6.45, 7) is 6.72. The molecule has 0 saturated carbocycles. The molecule has 66 valence electrons. The molecule has 1 rings (SSSR count). The summed E-state index contributed by atoms with van der Waals surface area (Å²) in [6, 6.07) is 0.391. The second-order valence-corrected chi connectivity index (χ2v) is 3.93. The van der Waals surface area contributed by atoms with Crippen LogP contribution in [0, 0.1) is 11.8 Å². The van der Waals surface area contributed by atoms with Crippen LogP contribution in [0.4, 0.5) is 0 Å². The van der Waals surface area contributed by atoms with Crippen LogP contribution >= 0.6 is 0 Å². The van der Waals surface area contributed by atoms with Crippen molar-refractivity contribution in [3.63, 3.8) is 0 Å². The summed E-state index contributed by atoms with van der Waals surface area (Å²) in [6.07, 6.45) is 2.61. The lowest BCUT2D eigenvalue weighted by Gasteiger charge is -2.30. The maximum Gasteiger partial charge on any atom is 0.0102 e. The van der Waals surface area contributed by atoms with E-state index in [1.807, 2.05) is 0 Å². The summed E-state index contributed by atoms with van der Waals surface area (Å²) in [4.78, 5) is 0. The molecule has 2 heteroatoms. The maximum absolute atomic E-state index is 6.05. The Labute approximate surface area is 69.5 Å². The molecule has 0 radical (unpaired) electrons. The van der Waals surface area contributed by atoms with Gasteiger partial charge in [-0.1, -0.05) is 13.8 Å². The normalized spacial score (nSPS) is 28.9. The quantitative estimate of drug-likeness (QED) is 0.625. The lowest BCUT2D eigenvalue weighted by Crippen LogP contribution is -2.43. The molecule has 0 aromatic heterocycles. The van der Waals surface area contributed by atoms with Crippen molar-refractivity contribution in [2.45, 2.75) is 32.7 Å². The van der Waals surface area contributed by atoms with Gasteiger partial charge in [0.1, 0.15) is 0 Å². The number of hydrogen-bond donors (Lipinski definition) is 2. The van der Waals surface area contributed by atoms with Crippen molar-refractivity contribution in [1.82, 2.24) is 5.32 Å². The van der Waals surface area contributed by atoms with E-state index in [0.717, 1.165) is 6.54 Å². The second kappa shape index (κ2) is 4.07. The van der Waals surface area contributed by atoms with Crippen LogP contribution in [0.25, 0.3) is 0 Å². The predicted molar refractivity (Wildman–Crippen MR) is 48.4 cm³/mol. The Bertz CT molecular complexity index is 106. The summed E-state index contributed by atoms with van der Waals surface area (Å²) in [5.74, 6) is 1.34. The first-order chi connectivity index (χ1) is 5.22. The Balaban J connectivity index is 2.32. The van der Waals surface area contributed by atoms with Crippen LogP contribution in [0.5, 0.6) is 0 Å². The van der Waals surface area contributed by atoms with Crippen molar-refractivity contribution in [2.75, 3.05) is 13.1 Å². The van der Waals surface area contributed by atoms with Crippen LogP contribution in [-0.2, 0) is 0 Å². The molecular weight excluding hydrogens is 136 g/mol. The molecule has 2 unspecified atom stereocenters. The number of piperidine rings is 1. The van der Waals surface area contributed by atoms with Gasteiger partial charge < -0.3 is 11.1 Å². The fourth-order valence-corrected chi connectivity index (χ4v) is 1.75. The number of rotatable bonds is 2. The summed E-state index contributed by atoms with van der Waals surface area (Å²) >= 11 is 0. The fourth-order valence-electron chi connectivity index (χ4n) is 1.75. The highest BCUT2D eigenvalue weighted by atomic mass is 14.9. The molecule has 3 N–H and O–H groups in total. The largest absolute Gasteiger partial charge is 0.327 e. The van der Waals surface area contributed by atoms with Crippen molar-refractivity contribution in [3.8, 4) is 0 Å². The molecule has 1 aliphatic heterocycles. The number of nitrogens with two attached hydrogens (primary N) is 1. The molecule has 1 saturated heterocycles. The van der Waals surface area contributed by atoms with Crippen molar-refractivity contribution in [2.24, 2.45) is 17.6 Å². The van der Waals surface area contributed by atoms with E-state index < -0.39 is 0 Å². The Morgan fingerprint density at radius 1 is 1.45 bits per heavy atom. The standard InChI is InChI=1S/C9H20N2/c1-7(2)9(10)8-4-3-5-11-6-8/h7-9,11H,3-6,10H2,1-2H3. The first-order valence-corrected chi connectivity index (χ1v) is 4.68. The zero-order chi connectivity index (χ0) is 8.27. The van der Waals surface area contributed by atoms with Gasteiger partial charge in [0.15, 0.2) is 0 Å². The third-order valence-corrected chi connectivity index (χ3v) is 2.65. The SMILES string of the molecule is CC(C)C(N)C1CCCNC1. The molecule has 2 atom stereocenters. The van der Waals surface area contributed by atoms with E-state index in [2.05, 4.69) is 19.2 Å². The van der Waals surface area contributed by atoms with Crippen molar-refractivity contribution in [3.05, 3.63) is 0 Å². The van der Waals surface area contributed by atoms with Gasteiger partial charge in [-0.2, -0.15) is 0 Å². The van der Waals surface area contributed by atoms with E-state index in [1.54, 1.807) is 0 Å². The minimum atomic E-state index is 0.391. The van der Waals surface area contributed by atoms with Gasteiger partial charge in [-0.15, -0.1) is 0 Å². The molecule has 0 amide bonds. The van der Waals surface area contributed by atoms with Crippen LogP contribution in [0.3, 0.4) is 0 Å². The molecule has 11 heavy (non-hydrogen) atoms. The highest BCUT2D eigenvalue weighted by Gasteiger charge is 2.21. The molecule has 0 aliphatic carbocycles. The summed E-state index contributed by atoms with van der Waals surface area (Å²) in [5.41, 5.74) is 6.05. The minimum absolute atomic E-state index is 0.391. The van der Waals surface area contributed by atoms with Crippen LogP contribution < -0.4 is 11.1 Å². The zero-order valence-electron chi connectivity index (χ0n) is 7.64. The lowest BCUT2D eigenvalue weighted by atomic mass is 9.86. The van der Waals surface area contributed by atoms with Crippen LogP contribution in [-0.4, -0.2) is 19.1 Å². The average molecular weight is 156 g/mol. The van der Waals surface area contributed by atoms with Gasteiger partial charge in [0.05, 0.1) is 0 Å². The molecule has 2 nitrogen and oxygen atoms in total. The van der Waals surface area contributed by atoms with E-state index in [-0.39, 0.29) is 0 Å². The van der Waals surface area contributed by atoms with Crippen molar-refractivity contribution < 1.29 is 0 Å². The summed E-state index contributed by atoms with van der Waals surface area (Å²) < 4.78 is 0. The van der Waals surface area contributed by atoms with E-state index in [1.165, 1.54) is 19.4 Å². The van der Waals surface area contributed by atoms with Gasteiger partial charge in [0.2, 0.25) is 0 Å². The number of hydrogen-bond acceptors (Lipinski definition) is 2. The molecule has 0 aromatic carbocycles. The first kappa shape index (κ1) is 9.01. The molecule has 0 bridgehead atoms. The van der Waals surface area contributed by atoms with E-state index in [0.29, 0.717) is 17.9 Å². The highest BCUT2D eigenvalue weighted by molar-refractivity contribution is 4.80. The Hall–Kier alpha value is -0.0800. The molecule has 1 aliphatic rings. The van der Waals surface area contributed by atoms with Crippen molar-refractivity contribution >= 4 is 0 Å². The molecule has 0 aromatic rings. The molecule has 1 fully saturated rings. The minimum Gasteiger partial charge on any atom is -0.327 e. The molecule has 0 spiro atoms. The zero-order valence-corrected chi connectivity index (χ0v) is 7.64. The van der Waals surface area contributed by atoms with Gasteiger partial charge in [-0.3, -0.25) is 0 Å². The van der Waals surface area contributed by atoms with E-state index in [9.17, 15) is 0 Å². The molecule has 1 heterocycles. The van der Waals surface area contributed by atoms with E-state index >= 15 is 0 Å². The number of nitrogens with one attached hydrogen (secondary N) is 1. The third-order valence-electron chi connectivity index (χ3n) is 2.65. The average Bonchev–Trinajstić information content (AvgIpc) is 2.05. The summed E-state index contributed by atoms with van der Waals surface area (Å²) in [5, 5.41) is 3.39. The van der Waals surface area contributed by atoms with Gasteiger partial charge in [0.25, 0.3) is 0 Å². The van der Waals surface area contributed by atoms with Crippen LogP contribution in [0.1, 0.15) is 26.7 Å². The first-order valence-electron chi connectivity index (χ1n) is 4.68. The molecular formula is C9H20N2. The Morgan fingerprint density at radius 3 is 2.64 bits per heavy atom. The fraction of sp³-hybridized carbons (Fsp3) is 1.00. The van der Waals surface area contributed by atoms with E-state index in [4.69, 9.17) is 5.73 Å². The lowest BCUT2D eigenvalue weighted by molar-refractivity contribution is 0.277. The maximum atomic E-state index is 6.05. The highest BCUT2D eigenvalue weighted by Crippen LogP contribution is 2.17. The van der Waals surface area contributed by atoms with Gasteiger partial charge >= 0.3 is 0 Å². The predicted octanol–water partition coefficient (Wildman–Crippen LogP) is 0.969. The van der Waals surface area contributed by atoms with Gasteiger partial charge in [-0.05, 0) is 37.8 Å². The Morgan fingerprint density at radius 2 is 2.18 bits per heavy atom. The monoisotopic (exact) mass is 156 g/mol. The van der Waals surface area contributed by atoms with Crippen LogP contribution in [0.15, 0.2) is 0 Å². The van der Waals surface area contributed by atoms with Gasteiger partial charge in [-0.25, -0.2) is 0 Å². The van der Waals surface area contributed by atoms with Crippen molar-refractivity contribution in [1.29, 1.82) is 0 Å². The van der Waals surface area contributed by atoms with Gasteiger partial charge in [0, 0.05) is 6.04 Å². The smallest absolute Gasteiger partial charge is 0.0102 e.